The Balaban J connectivity index is 0.00000137. The Morgan fingerprint density at radius 2 is 1.72 bits per heavy atom. The normalized spacial score (nSPS) is 14.2. The Bertz CT molecular complexity index is 287. The van der Waals surface area contributed by atoms with Crippen LogP contribution in [0.15, 0.2) is 0 Å². The summed E-state index contributed by atoms with van der Waals surface area (Å²) in [5.74, 6) is -1.35. The van der Waals surface area contributed by atoms with E-state index in [2.05, 4.69) is 6.92 Å². The average molecular weight is 257 g/mol. The molecule has 0 bridgehead atoms. The summed E-state index contributed by atoms with van der Waals surface area (Å²) in [6, 6.07) is 0. The summed E-state index contributed by atoms with van der Waals surface area (Å²) in [5.41, 5.74) is 0. The third-order valence-corrected chi connectivity index (χ3v) is 2.43. The molecule has 1 aliphatic heterocycles. The van der Waals surface area contributed by atoms with Crippen molar-refractivity contribution >= 4 is 24.6 Å². The van der Waals surface area contributed by atoms with Crippen LogP contribution in [0.1, 0.15) is 51.9 Å². The average Bonchev–Trinajstić information content (AvgIpc) is 2.69. The Labute approximate surface area is 106 Å². The van der Waals surface area contributed by atoms with Crippen LogP contribution in [0.5, 0.6) is 0 Å². The first kappa shape index (κ1) is 16.3. The topological polar surface area (TPSA) is 80.8 Å². The highest BCUT2D eigenvalue weighted by molar-refractivity contribution is 6.01. The molecule has 0 N–H and O–H groups in total. The number of hydrogen-bond donors (Lipinski definition) is 0. The fourth-order valence-electron chi connectivity index (χ4n) is 1.50. The molecule has 0 atom stereocenters. The molecule has 0 aromatic rings. The number of hydroxylamine groups is 2. The van der Waals surface area contributed by atoms with Crippen molar-refractivity contribution in [1.29, 1.82) is 0 Å². The number of rotatable bonds is 6. The van der Waals surface area contributed by atoms with Gasteiger partial charge in [-0.1, -0.05) is 26.2 Å². The maximum absolute atomic E-state index is 11.3. The SMILES string of the molecule is C=O.CCCCCCC(=O)ON1C(=O)CCC1=O. The van der Waals surface area contributed by atoms with Gasteiger partial charge in [0.25, 0.3) is 11.8 Å². The second-order valence-electron chi connectivity index (χ2n) is 3.86. The number of unbranched alkanes of at least 4 members (excludes halogenated alkanes) is 3. The smallest absolute Gasteiger partial charge is 0.330 e. The van der Waals surface area contributed by atoms with Gasteiger partial charge in [0.05, 0.1) is 0 Å². The molecule has 6 heteroatoms. The van der Waals surface area contributed by atoms with Crippen molar-refractivity contribution in [2.45, 2.75) is 51.9 Å². The van der Waals surface area contributed by atoms with Gasteiger partial charge >= 0.3 is 5.97 Å². The molecule has 102 valence electrons. The van der Waals surface area contributed by atoms with Crippen LogP contribution in [-0.4, -0.2) is 29.6 Å². The standard InChI is InChI=1S/C11H17NO4.CH2O/c1-2-3-4-5-6-11(15)16-12-9(13)7-8-10(12)14;1-2/h2-8H2,1H3;1H2. The van der Waals surface area contributed by atoms with E-state index in [1.807, 2.05) is 6.79 Å². The van der Waals surface area contributed by atoms with Gasteiger partial charge in [0.2, 0.25) is 0 Å². The summed E-state index contributed by atoms with van der Waals surface area (Å²) < 4.78 is 0. The van der Waals surface area contributed by atoms with Gasteiger partial charge in [-0.2, -0.15) is 0 Å². The van der Waals surface area contributed by atoms with Crippen molar-refractivity contribution in [1.82, 2.24) is 5.06 Å². The molecule has 18 heavy (non-hydrogen) atoms. The summed E-state index contributed by atoms with van der Waals surface area (Å²) in [6.45, 7) is 4.08. The van der Waals surface area contributed by atoms with Crippen molar-refractivity contribution in [3.05, 3.63) is 0 Å². The molecular weight excluding hydrogens is 238 g/mol. The molecule has 0 radical (unpaired) electrons. The molecule has 1 fully saturated rings. The molecule has 2 amide bonds. The Kier molecular flexibility index (Phi) is 8.43. The van der Waals surface area contributed by atoms with E-state index in [4.69, 9.17) is 9.63 Å². The van der Waals surface area contributed by atoms with Crippen LogP contribution in [0.25, 0.3) is 0 Å². The Hall–Kier alpha value is -1.72. The van der Waals surface area contributed by atoms with Gasteiger partial charge in [-0.15, -0.1) is 5.06 Å². The van der Waals surface area contributed by atoms with Crippen LogP contribution in [0.3, 0.4) is 0 Å². The van der Waals surface area contributed by atoms with Gasteiger partial charge in [0, 0.05) is 19.3 Å². The minimum absolute atomic E-state index is 0.141. The Morgan fingerprint density at radius 1 is 1.17 bits per heavy atom. The fourth-order valence-corrected chi connectivity index (χ4v) is 1.50. The van der Waals surface area contributed by atoms with E-state index in [9.17, 15) is 14.4 Å². The number of amides is 2. The minimum Gasteiger partial charge on any atom is -0.330 e. The lowest BCUT2D eigenvalue weighted by Gasteiger charge is -2.12. The van der Waals surface area contributed by atoms with Gasteiger partial charge in [-0.3, -0.25) is 9.59 Å². The molecule has 0 aromatic carbocycles. The molecule has 6 nitrogen and oxygen atoms in total. The number of nitrogens with zero attached hydrogens (tertiary/aromatic N) is 1. The highest BCUT2D eigenvalue weighted by Crippen LogP contribution is 2.13. The maximum atomic E-state index is 11.3. The molecule has 0 saturated carbocycles. The van der Waals surface area contributed by atoms with Crippen LogP contribution >= 0.6 is 0 Å². The minimum atomic E-state index is -0.500. The van der Waals surface area contributed by atoms with Crippen LogP contribution < -0.4 is 0 Å². The van der Waals surface area contributed by atoms with Crippen LogP contribution in [0.4, 0.5) is 0 Å². The lowest BCUT2D eigenvalue weighted by molar-refractivity contribution is -0.197. The summed E-state index contributed by atoms with van der Waals surface area (Å²) in [4.78, 5) is 46.2. The second kappa shape index (κ2) is 9.32. The highest BCUT2D eigenvalue weighted by atomic mass is 16.7. The van der Waals surface area contributed by atoms with E-state index < -0.39 is 17.8 Å². The summed E-state index contributed by atoms with van der Waals surface area (Å²) >= 11 is 0. The molecular formula is C12H19NO5. The van der Waals surface area contributed by atoms with Crippen LogP contribution in [0.2, 0.25) is 0 Å². The molecule has 1 heterocycles. The zero-order valence-electron chi connectivity index (χ0n) is 10.6. The lowest BCUT2D eigenvalue weighted by atomic mass is 10.2. The maximum Gasteiger partial charge on any atom is 0.333 e. The molecule has 0 unspecified atom stereocenters. The zero-order chi connectivity index (χ0) is 14.0. The van der Waals surface area contributed by atoms with Gasteiger partial charge in [-0.05, 0) is 6.42 Å². The first-order valence-corrected chi connectivity index (χ1v) is 6.00. The van der Waals surface area contributed by atoms with Gasteiger partial charge in [0.15, 0.2) is 0 Å². The van der Waals surface area contributed by atoms with E-state index in [1.165, 1.54) is 0 Å². The first-order valence-electron chi connectivity index (χ1n) is 6.00. The van der Waals surface area contributed by atoms with Gasteiger partial charge in [0.1, 0.15) is 6.79 Å². The first-order chi connectivity index (χ1) is 8.65. The van der Waals surface area contributed by atoms with Crippen LogP contribution in [-0.2, 0) is 24.0 Å². The Morgan fingerprint density at radius 3 is 2.22 bits per heavy atom. The van der Waals surface area contributed by atoms with E-state index in [-0.39, 0.29) is 19.3 Å². The van der Waals surface area contributed by atoms with E-state index in [0.29, 0.717) is 5.06 Å². The molecule has 1 rings (SSSR count). The summed E-state index contributed by atoms with van der Waals surface area (Å²) in [5, 5.41) is 0.599. The van der Waals surface area contributed by atoms with Gasteiger partial charge < -0.3 is 9.63 Å². The molecule has 0 aromatic heterocycles. The molecule has 0 aliphatic carbocycles. The van der Waals surface area contributed by atoms with E-state index in [1.54, 1.807) is 0 Å². The van der Waals surface area contributed by atoms with Crippen LogP contribution in [0, 0.1) is 0 Å². The number of imide groups is 1. The van der Waals surface area contributed by atoms with Crippen molar-refractivity contribution in [2.75, 3.05) is 0 Å². The number of hydrogen-bond acceptors (Lipinski definition) is 5. The van der Waals surface area contributed by atoms with Crippen molar-refractivity contribution in [2.24, 2.45) is 0 Å². The van der Waals surface area contributed by atoms with E-state index >= 15 is 0 Å². The lowest BCUT2D eigenvalue weighted by Crippen LogP contribution is -2.31. The molecule has 0 spiro atoms. The number of carbonyl (C=O) groups is 4. The highest BCUT2D eigenvalue weighted by Gasteiger charge is 2.32. The summed E-state index contributed by atoms with van der Waals surface area (Å²) in [7, 11) is 0. The predicted octanol–water partition coefficient (Wildman–Crippen LogP) is 1.38. The van der Waals surface area contributed by atoms with Crippen molar-refractivity contribution in [3.63, 3.8) is 0 Å². The monoisotopic (exact) mass is 257 g/mol. The quantitative estimate of drug-likeness (QED) is 0.530. The largest absolute Gasteiger partial charge is 0.333 e. The third-order valence-electron chi connectivity index (χ3n) is 2.43. The predicted molar refractivity (Wildman–Crippen MR) is 63.1 cm³/mol. The zero-order valence-corrected chi connectivity index (χ0v) is 10.6. The van der Waals surface area contributed by atoms with E-state index in [0.717, 1.165) is 25.7 Å². The third kappa shape index (κ3) is 5.56. The van der Waals surface area contributed by atoms with Gasteiger partial charge in [-0.25, -0.2) is 4.79 Å². The molecule has 1 aliphatic rings. The number of carbonyl (C=O) groups excluding carboxylic acids is 4. The van der Waals surface area contributed by atoms with Crippen molar-refractivity contribution in [3.8, 4) is 0 Å². The molecule has 1 saturated heterocycles. The van der Waals surface area contributed by atoms with Crippen molar-refractivity contribution < 1.29 is 24.0 Å². The second-order valence-corrected chi connectivity index (χ2v) is 3.86. The fraction of sp³-hybridized carbons (Fsp3) is 0.667. The summed E-state index contributed by atoms with van der Waals surface area (Å²) in [6.07, 6.45) is 4.42.